The van der Waals surface area contributed by atoms with Gasteiger partial charge in [0, 0.05) is 55.1 Å². The molecule has 0 unspecified atom stereocenters. The Morgan fingerprint density at radius 2 is 1.91 bits per heavy atom. The fourth-order valence-electron chi connectivity index (χ4n) is 6.88. The highest BCUT2D eigenvalue weighted by Gasteiger charge is 2.64. The first-order valence-corrected chi connectivity index (χ1v) is 12.3. The van der Waals surface area contributed by atoms with Crippen LogP contribution in [-0.2, 0) is 29.4 Å². The van der Waals surface area contributed by atoms with Crippen LogP contribution in [0.5, 0.6) is 5.75 Å². The van der Waals surface area contributed by atoms with Crippen molar-refractivity contribution in [3.63, 3.8) is 0 Å². The maximum atomic E-state index is 12.6. The minimum Gasteiger partial charge on any atom is -0.508 e. The zero-order valence-electron chi connectivity index (χ0n) is 20.1. The van der Waals surface area contributed by atoms with Crippen molar-refractivity contribution < 1.29 is 14.9 Å². The van der Waals surface area contributed by atoms with Gasteiger partial charge in [-0.25, -0.2) is 0 Å². The van der Waals surface area contributed by atoms with Crippen molar-refractivity contribution in [3.05, 3.63) is 70.9 Å². The van der Waals surface area contributed by atoms with Gasteiger partial charge in [-0.15, -0.1) is 24.8 Å². The molecule has 0 amide bonds. The van der Waals surface area contributed by atoms with E-state index in [-0.39, 0.29) is 36.6 Å². The van der Waals surface area contributed by atoms with Crippen LogP contribution in [0, 0.1) is 0 Å². The molecule has 0 spiro atoms. The molecule has 6 rings (SSSR count). The average molecular weight is 517 g/mol. The van der Waals surface area contributed by atoms with Crippen LogP contribution in [0.2, 0.25) is 0 Å². The molecule has 7 heteroatoms. The number of piperidine rings is 1. The van der Waals surface area contributed by atoms with Gasteiger partial charge in [0.25, 0.3) is 0 Å². The van der Waals surface area contributed by atoms with Crippen LogP contribution in [0.25, 0.3) is 10.9 Å². The van der Waals surface area contributed by atoms with Gasteiger partial charge in [0.15, 0.2) is 0 Å². The highest BCUT2D eigenvalue weighted by Crippen LogP contribution is 2.57. The van der Waals surface area contributed by atoms with Crippen molar-refractivity contribution in [2.45, 2.75) is 56.1 Å². The Morgan fingerprint density at radius 3 is 2.74 bits per heavy atom. The third-order valence-electron chi connectivity index (χ3n) is 8.43. The first-order valence-electron chi connectivity index (χ1n) is 12.3. The molecule has 0 radical (unpaired) electrons. The van der Waals surface area contributed by atoms with Gasteiger partial charge in [0.1, 0.15) is 5.75 Å². The Bertz CT molecular complexity index is 1220. The van der Waals surface area contributed by atoms with Gasteiger partial charge < -0.3 is 14.9 Å². The Labute approximate surface area is 219 Å². The average Bonchev–Trinajstić information content (AvgIpc) is 2.80. The largest absolute Gasteiger partial charge is 0.508 e. The number of aliphatic hydroxyl groups is 1. The first-order chi connectivity index (χ1) is 16.0. The molecule has 188 valence electrons. The van der Waals surface area contributed by atoms with Crippen LogP contribution in [0.1, 0.15) is 42.1 Å². The lowest BCUT2D eigenvalue weighted by atomic mass is 9.49. The van der Waals surface area contributed by atoms with Gasteiger partial charge in [-0.1, -0.05) is 24.3 Å². The van der Waals surface area contributed by atoms with Gasteiger partial charge in [-0.3, -0.25) is 9.88 Å². The number of nitrogens with zero attached hydrogens (tertiary/aromatic N) is 2. The molecule has 2 N–H and O–H groups in total. The van der Waals surface area contributed by atoms with E-state index in [4.69, 9.17) is 9.72 Å². The second-order valence-corrected chi connectivity index (χ2v) is 10.0. The van der Waals surface area contributed by atoms with E-state index in [9.17, 15) is 10.2 Å². The van der Waals surface area contributed by atoms with E-state index in [2.05, 4.69) is 29.2 Å². The molecule has 1 aromatic heterocycles. The Hall–Kier alpha value is -1.89. The van der Waals surface area contributed by atoms with Gasteiger partial charge >= 0.3 is 0 Å². The molecule has 0 saturated carbocycles. The molecule has 3 atom stereocenters. The first kappa shape index (κ1) is 26.2. The van der Waals surface area contributed by atoms with Crippen molar-refractivity contribution >= 4 is 35.7 Å². The maximum Gasteiger partial charge on any atom is 0.115 e. The molecular weight excluding hydrogens is 483 g/mol. The quantitative estimate of drug-likeness (QED) is 0.484. The highest BCUT2D eigenvalue weighted by atomic mass is 35.5. The van der Waals surface area contributed by atoms with Crippen LogP contribution in [-0.4, -0.2) is 58.0 Å². The van der Waals surface area contributed by atoms with Gasteiger partial charge in [-0.2, -0.15) is 0 Å². The maximum absolute atomic E-state index is 12.6. The number of aromatic nitrogens is 1. The number of fused-ring (bicyclic) bond motifs is 3. The van der Waals surface area contributed by atoms with Crippen molar-refractivity contribution in [3.8, 4) is 5.75 Å². The number of likely N-dealkylation sites (tertiary alicyclic amines) is 1. The summed E-state index contributed by atoms with van der Waals surface area (Å²) in [5, 5.41) is 24.1. The van der Waals surface area contributed by atoms with E-state index >= 15 is 0 Å². The van der Waals surface area contributed by atoms with E-state index in [1.807, 2.05) is 25.1 Å². The second kappa shape index (κ2) is 9.87. The monoisotopic (exact) mass is 516 g/mol. The van der Waals surface area contributed by atoms with E-state index in [0.717, 1.165) is 73.3 Å². The van der Waals surface area contributed by atoms with Crippen LogP contribution < -0.4 is 0 Å². The van der Waals surface area contributed by atoms with Crippen LogP contribution in [0.4, 0.5) is 0 Å². The third kappa shape index (κ3) is 4.02. The van der Waals surface area contributed by atoms with E-state index < -0.39 is 11.0 Å². The molecule has 2 heterocycles. The molecule has 2 aromatic carbocycles. The summed E-state index contributed by atoms with van der Waals surface area (Å²) in [5.41, 5.74) is 4.32. The number of para-hydroxylation sites is 1. The Balaban J connectivity index is 0.00000144. The minimum absolute atomic E-state index is 0. The van der Waals surface area contributed by atoms with Crippen molar-refractivity contribution in [2.75, 3.05) is 26.3 Å². The molecule has 5 nitrogen and oxygen atoms in total. The number of phenols is 1. The fourth-order valence-corrected chi connectivity index (χ4v) is 6.88. The summed E-state index contributed by atoms with van der Waals surface area (Å²) in [4.78, 5) is 7.55. The summed E-state index contributed by atoms with van der Waals surface area (Å²) in [6.07, 6.45) is 3.95. The molecule has 2 aliphatic carbocycles. The number of halogens is 2. The summed E-state index contributed by atoms with van der Waals surface area (Å²) < 4.78 is 5.59. The lowest BCUT2D eigenvalue weighted by Crippen LogP contribution is -2.74. The molecule has 1 aliphatic heterocycles. The number of hydrogen-bond donors (Lipinski definition) is 2. The number of hydrogen-bond acceptors (Lipinski definition) is 5. The third-order valence-corrected chi connectivity index (χ3v) is 8.43. The van der Waals surface area contributed by atoms with Crippen molar-refractivity contribution in [1.29, 1.82) is 0 Å². The molecular formula is C28H34Cl2N2O3. The van der Waals surface area contributed by atoms with Gasteiger partial charge in [-0.05, 0) is 73.7 Å². The lowest BCUT2D eigenvalue weighted by molar-refractivity contribution is -0.152. The predicted molar refractivity (Wildman–Crippen MR) is 143 cm³/mol. The number of pyridine rings is 1. The van der Waals surface area contributed by atoms with Crippen LogP contribution >= 0.6 is 24.8 Å². The Morgan fingerprint density at radius 1 is 1.09 bits per heavy atom. The zero-order valence-corrected chi connectivity index (χ0v) is 21.7. The van der Waals surface area contributed by atoms with Crippen molar-refractivity contribution in [2.24, 2.45) is 0 Å². The predicted octanol–water partition coefficient (Wildman–Crippen LogP) is 4.61. The molecule has 3 aromatic rings. The molecule has 35 heavy (non-hydrogen) atoms. The number of phenolic OH excluding ortho intramolecular Hbond substituents is 1. The summed E-state index contributed by atoms with van der Waals surface area (Å²) in [6.45, 7) is 5.40. The Kier molecular flexibility index (Phi) is 7.38. The van der Waals surface area contributed by atoms with E-state index in [1.54, 1.807) is 6.07 Å². The summed E-state index contributed by atoms with van der Waals surface area (Å²) in [7, 11) is 0. The molecule has 1 saturated heterocycles. The number of benzene rings is 2. The number of aromatic hydroxyl groups is 1. The van der Waals surface area contributed by atoms with Gasteiger partial charge in [0.05, 0.1) is 11.1 Å². The van der Waals surface area contributed by atoms with Crippen LogP contribution in [0.3, 0.4) is 0 Å². The van der Waals surface area contributed by atoms with E-state index in [0.29, 0.717) is 12.8 Å². The normalized spacial score (nSPS) is 26.6. The lowest BCUT2D eigenvalue weighted by Gasteiger charge is -2.63. The van der Waals surface area contributed by atoms with Crippen molar-refractivity contribution in [1.82, 2.24) is 9.88 Å². The second-order valence-electron chi connectivity index (χ2n) is 10.0. The summed E-state index contributed by atoms with van der Waals surface area (Å²) in [5.74, 6) is 0.278. The fraction of sp³-hybridized carbons (Fsp3) is 0.464. The number of ether oxygens (including phenoxy) is 1. The molecule has 1 fully saturated rings. The van der Waals surface area contributed by atoms with Gasteiger partial charge in [0.2, 0.25) is 0 Å². The number of rotatable bonds is 5. The summed E-state index contributed by atoms with van der Waals surface area (Å²) in [6, 6.07) is 16.3. The SMILES string of the molecule is CCOCCCN1CC[C@]23Cc4nc5ccccc5cc4C[C@@]2(O)[C@H]1Cc1ccc(O)cc13.Cl.Cl. The standard InChI is InChI=1S/C28H32N2O3.2ClH/c1-2-33-13-5-11-30-12-10-27-18-25-21(14-20-6-3-4-7-24(20)29-25)17-28(27,32)26(30)15-19-8-9-22(31)16-23(19)27;;/h3-4,6-9,14,16,26,31-32H,2,5,10-13,15,17-18H2,1H3;2*1H/t26-,27-,28-;;/m1../s1. The molecule has 3 aliphatic rings. The highest BCUT2D eigenvalue weighted by molar-refractivity contribution is 5.85. The summed E-state index contributed by atoms with van der Waals surface area (Å²) >= 11 is 0. The topological polar surface area (TPSA) is 65.8 Å². The van der Waals surface area contributed by atoms with Crippen LogP contribution in [0.15, 0.2) is 48.5 Å². The minimum atomic E-state index is -0.894. The molecule has 2 bridgehead atoms. The van der Waals surface area contributed by atoms with E-state index in [1.165, 1.54) is 5.56 Å². The smallest absolute Gasteiger partial charge is 0.115 e. The zero-order chi connectivity index (χ0) is 22.6.